The summed E-state index contributed by atoms with van der Waals surface area (Å²) in [6, 6.07) is 13.8. The number of fused-ring (bicyclic) bond motifs is 1. The third-order valence-corrected chi connectivity index (χ3v) is 5.38. The minimum atomic E-state index is -0.183. The molecule has 0 spiro atoms. The highest BCUT2D eigenvalue weighted by Crippen LogP contribution is 2.28. The first kappa shape index (κ1) is 19.0. The third-order valence-electron chi connectivity index (χ3n) is 4.37. The zero-order valence-corrected chi connectivity index (χ0v) is 16.6. The maximum Gasteiger partial charge on any atom is 0.315 e. The number of carbonyl (C=O) groups excluding carboxylic acids is 1. The average molecular weight is 385 g/mol. The first-order chi connectivity index (χ1) is 13.1. The van der Waals surface area contributed by atoms with Gasteiger partial charge in [0, 0.05) is 17.3 Å². The molecule has 0 bridgehead atoms. The molecule has 0 saturated heterocycles. The van der Waals surface area contributed by atoms with Crippen LogP contribution in [0.4, 0.5) is 4.79 Å². The summed E-state index contributed by atoms with van der Waals surface area (Å²) in [5.74, 6) is 1.32. The number of thiophene rings is 1. The molecule has 142 valence electrons. The Hall–Kier alpha value is -2.73. The molecule has 1 aromatic heterocycles. The second-order valence-corrected chi connectivity index (χ2v) is 7.29. The topological polar surface area (TPSA) is 59.6 Å². The van der Waals surface area contributed by atoms with Crippen LogP contribution in [-0.4, -0.2) is 26.3 Å². The summed E-state index contributed by atoms with van der Waals surface area (Å²) >= 11 is 1.74. The molecule has 3 aromatic rings. The normalized spacial score (nSPS) is 11.8. The van der Waals surface area contributed by atoms with E-state index in [1.165, 1.54) is 15.6 Å². The molecule has 0 fully saturated rings. The first-order valence-electron chi connectivity index (χ1n) is 8.81. The minimum absolute atomic E-state index is 0.0356. The lowest BCUT2D eigenvalue weighted by Crippen LogP contribution is -2.41. The molecule has 0 radical (unpaired) electrons. The summed E-state index contributed by atoms with van der Waals surface area (Å²) in [5.41, 5.74) is 2.21. The minimum Gasteiger partial charge on any atom is -0.493 e. The Kier molecular flexibility index (Phi) is 6.19. The Morgan fingerprint density at radius 1 is 1.11 bits per heavy atom. The zero-order chi connectivity index (χ0) is 19.2. The number of carbonyl (C=O) groups is 1. The number of hydrogen-bond donors (Lipinski definition) is 2. The van der Waals surface area contributed by atoms with Crippen molar-refractivity contribution in [2.75, 3.05) is 14.2 Å². The van der Waals surface area contributed by atoms with Crippen molar-refractivity contribution >= 4 is 27.5 Å². The number of methoxy groups -OCH3 is 2. The number of amides is 2. The summed E-state index contributed by atoms with van der Waals surface area (Å²) < 4.78 is 11.8. The van der Waals surface area contributed by atoms with E-state index in [9.17, 15) is 4.79 Å². The van der Waals surface area contributed by atoms with Gasteiger partial charge >= 0.3 is 6.03 Å². The van der Waals surface area contributed by atoms with Crippen molar-refractivity contribution < 1.29 is 14.3 Å². The number of benzene rings is 2. The van der Waals surface area contributed by atoms with Crippen molar-refractivity contribution in [2.45, 2.75) is 25.9 Å². The van der Waals surface area contributed by atoms with Crippen LogP contribution in [0.1, 0.15) is 18.1 Å². The van der Waals surface area contributed by atoms with Crippen molar-refractivity contribution in [3.05, 3.63) is 59.0 Å². The largest absolute Gasteiger partial charge is 0.493 e. The molecule has 2 amide bonds. The van der Waals surface area contributed by atoms with Crippen LogP contribution in [0.15, 0.2) is 47.8 Å². The monoisotopic (exact) mass is 384 g/mol. The number of urea groups is 1. The molecule has 1 atom stereocenters. The summed E-state index contributed by atoms with van der Waals surface area (Å²) in [5, 5.41) is 9.33. The van der Waals surface area contributed by atoms with E-state index in [1.54, 1.807) is 25.6 Å². The van der Waals surface area contributed by atoms with Gasteiger partial charge in [0.25, 0.3) is 0 Å². The van der Waals surface area contributed by atoms with Gasteiger partial charge in [0.2, 0.25) is 0 Å². The summed E-state index contributed by atoms with van der Waals surface area (Å²) in [4.78, 5) is 12.2. The second-order valence-electron chi connectivity index (χ2n) is 6.38. The molecule has 2 aromatic carbocycles. The lowest BCUT2D eigenvalue weighted by atomic mass is 10.1. The fourth-order valence-corrected chi connectivity index (χ4v) is 4.00. The maximum absolute atomic E-state index is 12.2. The van der Waals surface area contributed by atoms with E-state index < -0.39 is 0 Å². The number of hydrogen-bond acceptors (Lipinski definition) is 4. The molecule has 1 heterocycles. The van der Waals surface area contributed by atoms with Gasteiger partial charge in [-0.1, -0.05) is 24.3 Å². The average Bonchev–Trinajstić information content (AvgIpc) is 3.09. The van der Waals surface area contributed by atoms with Crippen LogP contribution in [0.2, 0.25) is 0 Å². The van der Waals surface area contributed by atoms with Gasteiger partial charge in [-0.05, 0) is 53.4 Å². The van der Waals surface area contributed by atoms with Crippen LogP contribution in [0.3, 0.4) is 0 Å². The summed E-state index contributed by atoms with van der Waals surface area (Å²) in [6.45, 7) is 2.43. The van der Waals surface area contributed by atoms with E-state index in [4.69, 9.17) is 9.47 Å². The highest BCUT2D eigenvalue weighted by Gasteiger charge is 2.11. The lowest BCUT2D eigenvalue weighted by Gasteiger charge is -2.15. The maximum atomic E-state index is 12.2. The van der Waals surface area contributed by atoms with Gasteiger partial charge in [-0.15, -0.1) is 11.3 Å². The second kappa shape index (κ2) is 8.77. The molecule has 0 aliphatic heterocycles. The Bertz CT molecular complexity index is 923. The third kappa shape index (κ3) is 4.71. The van der Waals surface area contributed by atoms with Gasteiger partial charge in [0.1, 0.15) is 0 Å². The van der Waals surface area contributed by atoms with Crippen LogP contribution in [0, 0.1) is 0 Å². The highest BCUT2D eigenvalue weighted by molar-refractivity contribution is 7.17. The van der Waals surface area contributed by atoms with Crippen LogP contribution in [-0.2, 0) is 13.0 Å². The van der Waals surface area contributed by atoms with Gasteiger partial charge in [-0.25, -0.2) is 4.79 Å². The number of ether oxygens (including phenoxy) is 2. The van der Waals surface area contributed by atoms with Crippen LogP contribution >= 0.6 is 11.3 Å². The molecule has 27 heavy (non-hydrogen) atoms. The van der Waals surface area contributed by atoms with Gasteiger partial charge in [0.15, 0.2) is 11.5 Å². The summed E-state index contributed by atoms with van der Waals surface area (Å²) in [6.07, 6.45) is 0.799. The predicted octanol–water partition coefficient (Wildman–Crippen LogP) is 4.35. The molecule has 0 aliphatic carbocycles. The van der Waals surface area contributed by atoms with Crippen LogP contribution < -0.4 is 20.1 Å². The van der Waals surface area contributed by atoms with E-state index in [0.717, 1.165) is 12.0 Å². The van der Waals surface area contributed by atoms with Crippen molar-refractivity contribution in [1.82, 2.24) is 10.6 Å². The molecule has 3 rings (SSSR count). The van der Waals surface area contributed by atoms with Gasteiger partial charge < -0.3 is 20.1 Å². The molecule has 0 saturated carbocycles. The Labute approximate surface area is 163 Å². The molecular weight excluding hydrogens is 360 g/mol. The van der Waals surface area contributed by atoms with E-state index in [-0.39, 0.29) is 12.1 Å². The first-order valence-corrected chi connectivity index (χ1v) is 9.69. The lowest BCUT2D eigenvalue weighted by molar-refractivity contribution is 0.237. The van der Waals surface area contributed by atoms with E-state index in [1.807, 2.05) is 37.3 Å². The predicted molar refractivity (Wildman–Crippen MR) is 110 cm³/mol. The van der Waals surface area contributed by atoms with Crippen molar-refractivity contribution in [2.24, 2.45) is 0 Å². The van der Waals surface area contributed by atoms with E-state index in [2.05, 4.69) is 28.1 Å². The smallest absolute Gasteiger partial charge is 0.315 e. The zero-order valence-electron chi connectivity index (χ0n) is 15.7. The number of nitrogens with one attached hydrogen (secondary N) is 2. The van der Waals surface area contributed by atoms with Gasteiger partial charge in [-0.3, -0.25) is 0 Å². The molecular formula is C21H24N2O3S. The fourth-order valence-electron chi connectivity index (χ4n) is 3.02. The Morgan fingerprint density at radius 3 is 2.67 bits per heavy atom. The Balaban J connectivity index is 1.53. The van der Waals surface area contributed by atoms with Crippen molar-refractivity contribution in [3.63, 3.8) is 0 Å². The standard InChI is InChI=1S/C21H24N2O3S/c1-14(10-16-13-27-20-7-5-4-6-17(16)20)23-21(24)22-12-15-8-9-18(25-2)19(11-15)26-3/h4-9,11,13-14H,10,12H2,1-3H3,(H2,22,23,24)/t14-/m1/s1. The molecule has 0 aliphatic rings. The molecule has 2 N–H and O–H groups in total. The molecule has 6 heteroatoms. The summed E-state index contributed by atoms with van der Waals surface area (Å²) in [7, 11) is 3.19. The number of rotatable bonds is 7. The van der Waals surface area contributed by atoms with Gasteiger partial charge in [0.05, 0.1) is 14.2 Å². The van der Waals surface area contributed by atoms with E-state index in [0.29, 0.717) is 18.0 Å². The SMILES string of the molecule is COc1ccc(CNC(=O)N[C@H](C)Cc2csc3ccccc23)cc1OC. The van der Waals surface area contributed by atoms with Gasteiger partial charge in [-0.2, -0.15) is 0 Å². The van der Waals surface area contributed by atoms with Crippen LogP contribution in [0.5, 0.6) is 11.5 Å². The van der Waals surface area contributed by atoms with Crippen molar-refractivity contribution in [1.29, 1.82) is 0 Å². The Morgan fingerprint density at radius 2 is 1.89 bits per heavy atom. The van der Waals surface area contributed by atoms with Crippen molar-refractivity contribution in [3.8, 4) is 11.5 Å². The van der Waals surface area contributed by atoms with E-state index >= 15 is 0 Å². The van der Waals surface area contributed by atoms with Crippen LogP contribution in [0.25, 0.3) is 10.1 Å². The quantitative estimate of drug-likeness (QED) is 0.637. The highest BCUT2D eigenvalue weighted by atomic mass is 32.1. The molecule has 5 nitrogen and oxygen atoms in total. The fraction of sp³-hybridized carbons (Fsp3) is 0.286. The molecule has 0 unspecified atom stereocenters.